The molecule has 3 rings (SSSR count). The molecule has 0 spiro atoms. The molecule has 1 aromatic carbocycles. The van der Waals surface area contributed by atoms with Crippen LogP contribution in [0, 0.1) is 6.92 Å². The summed E-state index contributed by atoms with van der Waals surface area (Å²) in [5.41, 5.74) is 2.64. The highest BCUT2D eigenvalue weighted by atomic mass is 35.5. The van der Waals surface area contributed by atoms with Crippen LogP contribution in [0.2, 0.25) is 5.02 Å². The van der Waals surface area contributed by atoms with E-state index in [1.54, 1.807) is 17.8 Å². The number of aromatic nitrogens is 2. The number of hydrogen-bond donors (Lipinski definition) is 2. The van der Waals surface area contributed by atoms with Crippen molar-refractivity contribution in [2.45, 2.75) is 19.4 Å². The molecule has 9 heteroatoms. The summed E-state index contributed by atoms with van der Waals surface area (Å²) in [6.07, 6.45) is 4.06. The standard InChI is InChI=1S/C20H27ClN6O2/c1-14-16(21)5-4-6-17(14)25-19(28)7-8-23-20(22-2)27-9-10-29-18(13-27)15-11-24-26(3)12-15/h4-6,11-12,18H,7-10,13H2,1-3H3,(H,22,23)(H,25,28). The van der Waals surface area contributed by atoms with E-state index >= 15 is 0 Å². The van der Waals surface area contributed by atoms with Crippen molar-refractivity contribution < 1.29 is 9.53 Å². The van der Waals surface area contributed by atoms with Gasteiger partial charge < -0.3 is 20.3 Å². The molecule has 2 heterocycles. The van der Waals surface area contributed by atoms with Gasteiger partial charge in [-0.3, -0.25) is 14.5 Å². The number of aryl methyl sites for hydroxylation is 1. The number of rotatable bonds is 5. The number of benzene rings is 1. The van der Waals surface area contributed by atoms with Crippen LogP contribution in [-0.2, 0) is 16.6 Å². The van der Waals surface area contributed by atoms with Crippen LogP contribution in [0.1, 0.15) is 23.7 Å². The van der Waals surface area contributed by atoms with Gasteiger partial charge in [0.2, 0.25) is 5.91 Å². The minimum Gasteiger partial charge on any atom is -0.370 e. The Morgan fingerprint density at radius 2 is 2.28 bits per heavy atom. The zero-order valence-corrected chi connectivity index (χ0v) is 17.7. The molecule has 0 aliphatic carbocycles. The van der Waals surface area contributed by atoms with E-state index in [9.17, 15) is 4.79 Å². The molecule has 0 bridgehead atoms. The van der Waals surface area contributed by atoms with Crippen LogP contribution in [0.15, 0.2) is 35.6 Å². The minimum absolute atomic E-state index is 0.0508. The third-order valence-electron chi connectivity index (χ3n) is 4.85. The zero-order valence-electron chi connectivity index (χ0n) is 17.0. The fraction of sp³-hybridized carbons (Fsp3) is 0.450. The van der Waals surface area contributed by atoms with Crippen LogP contribution in [0.3, 0.4) is 0 Å². The van der Waals surface area contributed by atoms with Crippen molar-refractivity contribution in [3.63, 3.8) is 0 Å². The number of hydrogen-bond acceptors (Lipinski definition) is 4. The predicted octanol–water partition coefficient (Wildman–Crippen LogP) is 2.36. The number of anilines is 1. The largest absolute Gasteiger partial charge is 0.370 e. The molecule has 1 aliphatic rings. The first-order valence-corrected chi connectivity index (χ1v) is 9.96. The molecule has 1 saturated heterocycles. The Morgan fingerprint density at radius 3 is 3.00 bits per heavy atom. The second-order valence-electron chi connectivity index (χ2n) is 6.94. The van der Waals surface area contributed by atoms with Gasteiger partial charge in [-0.25, -0.2) is 0 Å². The maximum Gasteiger partial charge on any atom is 0.226 e. The van der Waals surface area contributed by atoms with E-state index in [4.69, 9.17) is 16.3 Å². The van der Waals surface area contributed by atoms with Crippen molar-refractivity contribution in [1.29, 1.82) is 0 Å². The van der Waals surface area contributed by atoms with Gasteiger partial charge in [-0.05, 0) is 24.6 Å². The average molecular weight is 419 g/mol. The molecule has 2 N–H and O–H groups in total. The Morgan fingerprint density at radius 1 is 1.45 bits per heavy atom. The topological polar surface area (TPSA) is 83.8 Å². The Hall–Kier alpha value is -2.58. The van der Waals surface area contributed by atoms with Gasteiger partial charge in [0, 0.05) is 56.1 Å². The van der Waals surface area contributed by atoms with Crippen LogP contribution in [0.25, 0.3) is 0 Å². The van der Waals surface area contributed by atoms with E-state index in [1.165, 1.54) is 0 Å². The van der Waals surface area contributed by atoms with E-state index in [1.807, 2.05) is 38.5 Å². The van der Waals surface area contributed by atoms with Gasteiger partial charge in [-0.15, -0.1) is 0 Å². The molecule has 1 unspecified atom stereocenters. The van der Waals surface area contributed by atoms with Crippen LogP contribution >= 0.6 is 11.6 Å². The van der Waals surface area contributed by atoms with Gasteiger partial charge in [-0.1, -0.05) is 17.7 Å². The van der Waals surface area contributed by atoms with E-state index < -0.39 is 0 Å². The number of aliphatic imine (C=N–C) groups is 1. The van der Waals surface area contributed by atoms with E-state index in [0.29, 0.717) is 31.1 Å². The summed E-state index contributed by atoms with van der Waals surface area (Å²) in [5, 5.41) is 11.0. The molecule has 1 aromatic heterocycles. The molecule has 0 saturated carbocycles. The maximum atomic E-state index is 12.3. The third-order valence-corrected chi connectivity index (χ3v) is 5.26. The SMILES string of the molecule is CN=C(NCCC(=O)Nc1cccc(Cl)c1C)N1CCOC(c2cnn(C)c2)C1. The van der Waals surface area contributed by atoms with Crippen LogP contribution in [-0.4, -0.2) is 59.8 Å². The summed E-state index contributed by atoms with van der Waals surface area (Å²) in [7, 11) is 3.63. The van der Waals surface area contributed by atoms with E-state index in [2.05, 4.69) is 25.6 Å². The second kappa shape index (κ2) is 9.76. The van der Waals surface area contributed by atoms with Gasteiger partial charge in [0.15, 0.2) is 5.96 Å². The normalized spacial score (nSPS) is 17.3. The molecule has 8 nitrogen and oxygen atoms in total. The quantitative estimate of drug-likeness (QED) is 0.575. The lowest BCUT2D eigenvalue weighted by atomic mass is 10.1. The summed E-state index contributed by atoms with van der Waals surface area (Å²) >= 11 is 6.11. The highest BCUT2D eigenvalue weighted by molar-refractivity contribution is 6.31. The number of guanidine groups is 1. The summed E-state index contributed by atoms with van der Waals surface area (Å²) in [6.45, 7) is 4.39. The molecular weight excluding hydrogens is 392 g/mol. The summed E-state index contributed by atoms with van der Waals surface area (Å²) in [4.78, 5) is 18.8. The smallest absolute Gasteiger partial charge is 0.226 e. The van der Waals surface area contributed by atoms with Gasteiger partial charge in [0.1, 0.15) is 6.10 Å². The van der Waals surface area contributed by atoms with Crippen molar-refractivity contribution in [3.8, 4) is 0 Å². The first-order valence-electron chi connectivity index (χ1n) is 9.58. The number of carbonyl (C=O) groups is 1. The molecule has 2 aromatic rings. The lowest BCUT2D eigenvalue weighted by Crippen LogP contribution is -2.48. The highest BCUT2D eigenvalue weighted by Crippen LogP contribution is 2.23. The van der Waals surface area contributed by atoms with Crippen molar-refractivity contribution in [2.24, 2.45) is 12.0 Å². The zero-order chi connectivity index (χ0) is 20.8. The summed E-state index contributed by atoms with van der Waals surface area (Å²) < 4.78 is 7.65. The van der Waals surface area contributed by atoms with E-state index in [-0.39, 0.29) is 12.0 Å². The fourth-order valence-corrected chi connectivity index (χ4v) is 3.40. The summed E-state index contributed by atoms with van der Waals surface area (Å²) in [6, 6.07) is 5.47. The number of nitrogens with one attached hydrogen (secondary N) is 2. The van der Waals surface area contributed by atoms with Gasteiger partial charge in [-0.2, -0.15) is 5.10 Å². The lowest BCUT2D eigenvalue weighted by Gasteiger charge is -2.34. The molecule has 156 valence electrons. The Labute approximate surface area is 175 Å². The summed E-state index contributed by atoms with van der Waals surface area (Å²) in [5.74, 6) is 0.683. The number of halogens is 1. The van der Waals surface area contributed by atoms with Crippen LogP contribution in [0.5, 0.6) is 0 Å². The molecular formula is C20H27ClN6O2. The van der Waals surface area contributed by atoms with Crippen molar-refractivity contribution in [3.05, 3.63) is 46.7 Å². The van der Waals surface area contributed by atoms with Crippen LogP contribution < -0.4 is 10.6 Å². The van der Waals surface area contributed by atoms with Gasteiger partial charge >= 0.3 is 0 Å². The second-order valence-corrected chi connectivity index (χ2v) is 7.34. The number of morpholine rings is 1. The first-order chi connectivity index (χ1) is 14.0. The van der Waals surface area contributed by atoms with Crippen molar-refractivity contribution in [1.82, 2.24) is 20.0 Å². The Kier molecular flexibility index (Phi) is 7.11. The minimum atomic E-state index is -0.0754. The number of ether oxygens (including phenoxy) is 1. The monoisotopic (exact) mass is 418 g/mol. The average Bonchev–Trinajstić information content (AvgIpc) is 3.15. The number of amides is 1. The predicted molar refractivity (Wildman–Crippen MR) is 114 cm³/mol. The number of carbonyl (C=O) groups excluding carboxylic acids is 1. The number of nitrogens with zero attached hydrogens (tertiary/aromatic N) is 4. The first kappa shape index (κ1) is 21.1. The molecule has 0 radical (unpaired) electrons. The highest BCUT2D eigenvalue weighted by Gasteiger charge is 2.25. The Balaban J connectivity index is 1.50. The van der Waals surface area contributed by atoms with E-state index in [0.717, 1.165) is 29.3 Å². The van der Waals surface area contributed by atoms with Gasteiger partial charge in [0.05, 0.1) is 19.3 Å². The maximum absolute atomic E-state index is 12.3. The molecule has 1 fully saturated rings. The molecule has 29 heavy (non-hydrogen) atoms. The fourth-order valence-electron chi connectivity index (χ4n) is 3.23. The lowest BCUT2D eigenvalue weighted by molar-refractivity contribution is -0.116. The van der Waals surface area contributed by atoms with Gasteiger partial charge in [0.25, 0.3) is 0 Å². The van der Waals surface area contributed by atoms with Crippen LogP contribution in [0.4, 0.5) is 5.69 Å². The van der Waals surface area contributed by atoms with Crippen molar-refractivity contribution in [2.75, 3.05) is 38.6 Å². The molecule has 1 aliphatic heterocycles. The Bertz CT molecular complexity index is 882. The third kappa shape index (κ3) is 5.48. The molecule has 1 atom stereocenters. The van der Waals surface area contributed by atoms with Crippen molar-refractivity contribution >= 4 is 29.2 Å². The molecule has 1 amide bonds.